The molecular formula is C19H17F4N7O2S. The second kappa shape index (κ2) is 9.23. The number of ether oxygens (including phenoxy) is 1. The van der Waals surface area contributed by atoms with Crippen molar-refractivity contribution in [1.29, 1.82) is 0 Å². The molecule has 3 aromatic heterocycles. The second-order valence-electron chi connectivity index (χ2n) is 7.05. The van der Waals surface area contributed by atoms with Crippen molar-refractivity contribution in [2.75, 3.05) is 23.7 Å². The van der Waals surface area contributed by atoms with E-state index in [1.54, 1.807) is 13.0 Å². The highest BCUT2D eigenvalue weighted by Crippen LogP contribution is 2.30. The van der Waals surface area contributed by atoms with E-state index in [2.05, 4.69) is 35.3 Å². The molecule has 0 radical (unpaired) electrons. The Morgan fingerprint density at radius 2 is 2.00 bits per heavy atom. The van der Waals surface area contributed by atoms with E-state index in [9.17, 15) is 22.4 Å². The second-order valence-corrected chi connectivity index (χ2v) is 7.82. The minimum atomic E-state index is -4.60. The first kappa shape index (κ1) is 22.8. The van der Waals surface area contributed by atoms with Gasteiger partial charge >= 0.3 is 6.18 Å². The summed E-state index contributed by atoms with van der Waals surface area (Å²) in [7, 11) is 0. The zero-order chi connectivity index (χ0) is 23.6. The van der Waals surface area contributed by atoms with Gasteiger partial charge < -0.3 is 20.7 Å². The lowest BCUT2D eigenvalue weighted by Gasteiger charge is -2.14. The van der Waals surface area contributed by atoms with Crippen molar-refractivity contribution in [1.82, 2.24) is 24.6 Å². The number of alkyl halides is 4. The molecule has 0 unspecified atom stereocenters. The number of hydrogen-bond acceptors (Lipinski definition) is 9. The summed E-state index contributed by atoms with van der Waals surface area (Å²) in [5, 5.41) is 8.60. The van der Waals surface area contributed by atoms with E-state index in [0.29, 0.717) is 24.1 Å². The highest BCUT2D eigenvalue weighted by atomic mass is 32.1. The lowest BCUT2D eigenvalue weighted by molar-refractivity contribution is -0.141. The lowest BCUT2D eigenvalue weighted by Crippen LogP contribution is -2.27. The molecule has 0 bridgehead atoms. The van der Waals surface area contributed by atoms with E-state index >= 15 is 0 Å². The topological polar surface area (TPSA) is 114 Å². The minimum Gasteiger partial charge on any atom is -0.470 e. The Balaban J connectivity index is 1.43. The van der Waals surface area contributed by atoms with Crippen molar-refractivity contribution < 1.29 is 27.1 Å². The summed E-state index contributed by atoms with van der Waals surface area (Å²) in [6.07, 6.45) is -3.47. The summed E-state index contributed by atoms with van der Waals surface area (Å²) in [6, 6.07) is 3.07. The normalized spacial score (nSPS) is 18.2. The molecule has 9 nitrogen and oxygen atoms in total. The van der Waals surface area contributed by atoms with Crippen LogP contribution < -0.4 is 20.7 Å². The quantitative estimate of drug-likeness (QED) is 0.458. The number of amides is 1. The standard InChI is InChI=1S/C19H17F4N7O2S/c1-9-16(18(33-30-9)29-14-8-25-13(7-26-14)19(21,22)23)17(31)28-10-2-3-15(27-4-10)32-12-6-24-5-11(12)20/h2-4,7-8,11-12,24H,5-6H2,1H3,(H,26,29)(H,28,31)/t11-,12+/m0/s1. The molecule has 3 aromatic rings. The first-order valence-electron chi connectivity index (χ1n) is 9.62. The van der Waals surface area contributed by atoms with Crippen LogP contribution in [0.3, 0.4) is 0 Å². The molecule has 1 amide bonds. The lowest BCUT2D eigenvalue weighted by atomic mass is 10.2. The van der Waals surface area contributed by atoms with Crippen molar-refractivity contribution in [3.05, 3.63) is 47.7 Å². The molecular weight excluding hydrogens is 466 g/mol. The summed E-state index contributed by atoms with van der Waals surface area (Å²) in [4.78, 5) is 23.9. The molecule has 4 heterocycles. The average molecular weight is 483 g/mol. The Bertz CT molecular complexity index is 1120. The van der Waals surface area contributed by atoms with Gasteiger partial charge in [0.2, 0.25) is 5.88 Å². The molecule has 1 aliphatic rings. The molecule has 1 saturated heterocycles. The predicted molar refractivity (Wildman–Crippen MR) is 112 cm³/mol. The molecule has 3 N–H and O–H groups in total. The van der Waals surface area contributed by atoms with Gasteiger partial charge in [-0.2, -0.15) is 17.5 Å². The fourth-order valence-corrected chi connectivity index (χ4v) is 3.79. The van der Waals surface area contributed by atoms with Crippen LogP contribution in [0.5, 0.6) is 5.88 Å². The highest BCUT2D eigenvalue weighted by molar-refractivity contribution is 7.10. The number of carbonyl (C=O) groups excluding carboxylic acids is 1. The van der Waals surface area contributed by atoms with E-state index in [4.69, 9.17) is 4.74 Å². The third-order valence-electron chi connectivity index (χ3n) is 4.63. The Hall–Kier alpha value is -3.39. The third-order valence-corrected chi connectivity index (χ3v) is 5.48. The number of rotatable bonds is 6. The Labute approximate surface area is 188 Å². The molecule has 0 saturated carbocycles. The monoisotopic (exact) mass is 483 g/mol. The van der Waals surface area contributed by atoms with Crippen LogP contribution in [-0.2, 0) is 6.18 Å². The number of hydrogen-bond donors (Lipinski definition) is 3. The summed E-state index contributed by atoms with van der Waals surface area (Å²) < 4.78 is 61.2. The van der Waals surface area contributed by atoms with Crippen LogP contribution in [0.1, 0.15) is 21.7 Å². The van der Waals surface area contributed by atoms with Crippen LogP contribution in [0.2, 0.25) is 0 Å². The molecule has 14 heteroatoms. The number of aromatic nitrogens is 4. The molecule has 33 heavy (non-hydrogen) atoms. The van der Waals surface area contributed by atoms with Crippen molar-refractivity contribution in [2.45, 2.75) is 25.4 Å². The van der Waals surface area contributed by atoms with E-state index in [0.717, 1.165) is 17.7 Å². The first-order chi connectivity index (χ1) is 15.7. The number of pyridine rings is 1. The van der Waals surface area contributed by atoms with Gasteiger partial charge in [0.1, 0.15) is 16.9 Å². The van der Waals surface area contributed by atoms with Gasteiger partial charge in [-0.25, -0.2) is 19.3 Å². The van der Waals surface area contributed by atoms with Gasteiger partial charge in [0, 0.05) is 19.2 Å². The molecule has 0 aromatic carbocycles. The number of nitrogens with one attached hydrogen (secondary N) is 3. The van der Waals surface area contributed by atoms with Gasteiger partial charge in [-0.05, 0) is 24.5 Å². The van der Waals surface area contributed by atoms with Crippen LogP contribution in [-0.4, -0.2) is 50.6 Å². The van der Waals surface area contributed by atoms with Gasteiger partial charge in [-0.1, -0.05) is 0 Å². The summed E-state index contributed by atoms with van der Waals surface area (Å²) in [5.74, 6) is -0.264. The number of halogens is 4. The van der Waals surface area contributed by atoms with Crippen molar-refractivity contribution in [3.8, 4) is 5.88 Å². The van der Waals surface area contributed by atoms with Gasteiger partial charge in [0.25, 0.3) is 5.91 Å². The molecule has 0 spiro atoms. The van der Waals surface area contributed by atoms with Crippen LogP contribution >= 0.6 is 11.5 Å². The Morgan fingerprint density at radius 1 is 1.18 bits per heavy atom. The average Bonchev–Trinajstić information content (AvgIpc) is 3.34. The molecule has 4 rings (SSSR count). The maximum absolute atomic E-state index is 13.6. The SMILES string of the molecule is Cc1nsc(Nc2cnc(C(F)(F)F)cn2)c1C(=O)Nc1ccc(O[C@@H]2CNC[C@@H]2F)nc1. The van der Waals surface area contributed by atoms with E-state index in [1.165, 1.54) is 12.3 Å². The summed E-state index contributed by atoms with van der Waals surface area (Å²) in [6.45, 7) is 2.22. The van der Waals surface area contributed by atoms with Crippen LogP contribution in [0.4, 0.5) is 34.1 Å². The largest absolute Gasteiger partial charge is 0.470 e. The third kappa shape index (κ3) is 5.34. The minimum absolute atomic E-state index is 0.0245. The fraction of sp³-hybridized carbons (Fsp3) is 0.316. The van der Waals surface area contributed by atoms with Crippen molar-refractivity contribution in [2.24, 2.45) is 0 Å². The maximum atomic E-state index is 13.6. The van der Waals surface area contributed by atoms with Crippen LogP contribution in [0, 0.1) is 6.92 Å². The van der Waals surface area contributed by atoms with Crippen LogP contribution in [0.15, 0.2) is 30.7 Å². The van der Waals surface area contributed by atoms with Gasteiger partial charge in [0.15, 0.2) is 11.9 Å². The van der Waals surface area contributed by atoms with Crippen molar-refractivity contribution >= 4 is 33.9 Å². The number of nitrogens with zero attached hydrogens (tertiary/aromatic N) is 4. The molecule has 1 aliphatic heterocycles. The summed E-state index contributed by atoms with van der Waals surface area (Å²) >= 11 is 0.951. The first-order valence-corrected chi connectivity index (χ1v) is 10.4. The smallest absolute Gasteiger partial charge is 0.434 e. The zero-order valence-corrected chi connectivity index (χ0v) is 17.8. The number of aryl methyl sites for hydroxylation is 1. The van der Waals surface area contributed by atoms with E-state index in [1.807, 2.05) is 0 Å². The van der Waals surface area contributed by atoms with Crippen molar-refractivity contribution in [3.63, 3.8) is 0 Å². The fourth-order valence-electron chi connectivity index (χ4n) is 2.99. The van der Waals surface area contributed by atoms with Gasteiger partial charge in [-0.3, -0.25) is 4.79 Å². The Morgan fingerprint density at radius 3 is 2.61 bits per heavy atom. The molecule has 2 atom stereocenters. The molecule has 1 fully saturated rings. The van der Waals surface area contributed by atoms with E-state index < -0.39 is 30.1 Å². The summed E-state index contributed by atoms with van der Waals surface area (Å²) in [5.41, 5.74) is -0.160. The van der Waals surface area contributed by atoms with E-state index in [-0.39, 0.29) is 28.8 Å². The predicted octanol–water partition coefficient (Wildman–Crippen LogP) is 3.34. The molecule has 0 aliphatic carbocycles. The van der Waals surface area contributed by atoms with Crippen LogP contribution in [0.25, 0.3) is 0 Å². The molecule has 174 valence electrons. The number of carbonyl (C=O) groups is 1. The Kier molecular flexibility index (Phi) is 6.37. The van der Waals surface area contributed by atoms with Gasteiger partial charge in [-0.15, -0.1) is 0 Å². The number of anilines is 3. The highest BCUT2D eigenvalue weighted by Gasteiger charge is 2.33. The van der Waals surface area contributed by atoms with Gasteiger partial charge in [0.05, 0.1) is 35.5 Å². The zero-order valence-electron chi connectivity index (χ0n) is 17.0. The maximum Gasteiger partial charge on any atom is 0.434 e.